The number of benzene rings is 2. The van der Waals surface area contributed by atoms with Crippen LogP contribution in [-0.2, 0) is 0 Å². The number of hydrogen-bond acceptors (Lipinski definition) is 3. The number of nitrogens with two attached hydrogens (primary N) is 1. The third-order valence-corrected chi connectivity index (χ3v) is 4.45. The molecule has 2 rings (SSSR count). The van der Waals surface area contributed by atoms with Crippen molar-refractivity contribution in [3.05, 3.63) is 65.2 Å². The molecule has 2 nitrogen and oxygen atoms in total. The van der Waals surface area contributed by atoms with Crippen molar-refractivity contribution in [2.45, 2.75) is 24.8 Å². The molecule has 0 radical (unpaired) electrons. The van der Waals surface area contributed by atoms with Crippen molar-refractivity contribution in [3.63, 3.8) is 0 Å². The average molecular weight is 272 g/mol. The summed E-state index contributed by atoms with van der Waals surface area (Å²) < 4.78 is 0. The van der Waals surface area contributed by atoms with Crippen LogP contribution in [0.15, 0.2) is 53.4 Å². The highest BCUT2D eigenvalue weighted by atomic mass is 32.2. The maximum atomic E-state index is 5.68. The van der Waals surface area contributed by atoms with E-state index in [1.165, 1.54) is 21.6 Å². The zero-order chi connectivity index (χ0) is 13.7. The maximum Gasteiger partial charge on any atom is 0.0553 e. The Labute approximate surface area is 119 Å². The molecule has 1 unspecified atom stereocenters. The van der Waals surface area contributed by atoms with Crippen LogP contribution >= 0.6 is 11.8 Å². The smallest absolute Gasteiger partial charge is 0.0553 e. The first-order chi connectivity index (χ1) is 9.20. The Kier molecular flexibility index (Phi) is 5.02. The first kappa shape index (κ1) is 14.1. The van der Waals surface area contributed by atoms with Crippen LogP contribution in [0, 0.1) is 13.8 Å². The van der Waals surface area contributed by atoms with E-state index in [0.29, 0.717) is 0 Å². The molecule has 3 heteroatoms. The van der Waals surface area contributed by atoms with Crippen molar-refractivity contribution in [3.8, 4) is 0 Å². The summed E-state index contributed by atoms with van der Waals surface area (Å²) in [5, 5.41) is 0. The lowest BCUT2D eigenvalue weighted by molar-refractivity contribution is 0.610. The predicted molar refractivity (Wildman–Crippen MR) is 83.1 cm³/mol. The Bertz CT molecular complexity index is 523. The predicted octanol–water partition coefficient (Wildman–Crippen LogP) is 3.60. The molecule has 0 aliphatic heterocycles. The molecule has 0 aliphatic carbocycles. The molecule has 3 N–H and O–H groups in total. The third-order valence-electron chi connectivity index (χ3n) is 3.18. The molecule has 2 aromatic carbocycles. The first-order valence-electron chi connectivity index (χ1n) is 6.42. The van der Waals surface area contributed by atoms with Gasteiger partial charge in [0.2, 0.25) is 0 Å². The normalized spacial score (nSPS) is 12.4. The average Bonchev–Trinajstić information content (AvgIpc) is 2.43. The zero-order valence-corrected chi connectivity index (χ0v) is 12.2. The molecule has 0 heterocycles. The van der Waals surface area contributed by atoms with Gasteiger partial charge in [0, 0.05) is 10.6 Å². The number of nitrogens with one attached hydrogen (secondary N) is 1. The van der Waals surface area contributed by atoms with Gasteiger partial charge in [-0.05, 0) is 31.0 Å². The highest BCUT2D eigenvalue weighted by molar-refractivity contribution is 7.99. The lowest BCUT2D eigenvalue weighted by Gasteiger charge is -2.16. The van der Waals surface area contributed by atoms with Gasteiger partial charge in [-0.1, -0.05) is 48.0 Å². The van der Waals surface area contributed by atoms with Gasteiger partial charge in [-0.3, -0.25) is 11.3 Å². The highest BCUT2D eigenvalue weighted by Gasteiger charge is 2.10. The minimum atomic E-state index is 0.171. The van der Waals surface area contributed by atoms with E-state index in [-0.39, 0.29) is 6.04 Å². The van der Waals surface area contributed by atoms with Crippen molar-refractivity contribution >= 4 is 11.8 Å². The fourth-order valence-electron chi connectivity index (χ4n) is 1.93. The number of hydrazine groups is 1. The molecular weight excluding hydrogens is 252 g/mol. The van der Waals surface area contributed by atoms with E-state index in [1.807, 2.05) is 11.8 Å². The third kappa shape index (κ3) is 3.83. The minimum absolute atomic E-state index is 0.171. The van der Waals surface area contributed by atoms with Crippen molar-refractivity contribution in [1.82, 2.24) is 5.43 Å². The van der Waals surface area contributed by atoms with E-state index in [9.17, 15) is 0 Å². The van der Waals surface area contributed by atoms with E-state index in [1.54, 1.807) is 0 Å². The number of thioether (sulfide) groups is 1. The minimum Gasteiger partial charge on any atom is -0.271 e. The molecule has 19 heavy (non-hydrogen) atoms. The Morgan fingerprint density at radius 3 is 2.37 bits per heavy atom. The van der Waals surface area contributed by atoms with Gasteiger partial charge in [0.25, 0.3) is 0 Å². The second-order valence-electron chi connectivity index (χ2n) is 4.71. The van der Waals surface area contributed by atoms with Crippen LogP contribution in [-0.4, -0.2) is 5.75 Å². The summed E-state index contributed by atoms with van der Waals surface area (Å²) in [7, 11) is 0. The lowest BCUT2D eigenvalue weighted by atomic mass is 10.1. The standard InChI is InChI=1S/C16H20N2S/c1-12-7-9-14(10-8-12)15(18-17)11-19-16-6-4-3-5-13(16)2/h3-10,15,18H,11,17H2,1-2H3. The van der Waals surface area contributed by atoms with Gasteiger partial charge in [-0.2, -0.15) is 0 Å². The molecule has 2 aromatic rings. The van der Waals surface area contributed by atoms with E-state index in [0.717, 1.165) is 5.75 Å². The number of aryl methyl sites for hydroxylation is 2. The van der Waals surface area contributed by atoms with Gasteiger partial charge in [-0.25, -0.2) is 0 Å². The fourth-order valence-corrected chi connectivity index (χ4v) is 3.04. The lowest BCUT2D eigenvalue weighted by Crippen LogP contribution is -2.29. The number of rotatable bonds is 5. The van der Waals surface area contributed by atoms with Crippen LogP contribution in [0.5, 0.6) is 0 Å². The molecule has 0 spiro atoms. The Morgan fingerprint density at radius 1 is 1.05 bits per heavy atom. The molecule has 0 aromatic heterocycles. The zero-order valence-electron chi connectivity index (χ0n) is 11.4. The molecule has 0 amide bonds. The fraction of sp³-hybridized carbons (Fsp3) is 0.250. The Morgan fingerprint density at radius 2 is 1.74 bits per heavy atom. The van der Waals surface area contributed by atoms with Crippen molar-refractivity contribution in [2.75, 3.05) is 5.75 Å². The van der Waals surface area contributed by atoms with Crippen LogP contribution in [0.1, 0.15) is 22.7 Å². The van der Waals surface area contributed by atoms with Crippen molar-refractivity contribution in [1.29, 1.82) is 0 Å². The SMILES string of the molecule is Cc1ccc(C(CSc2ccccc2C)NN)cc1. The molecule has 0 saturated heterocycles. The Hall–Kier alpha value is -1.29. The topological polar surface area (TPSA) is 38.0 Å². The molecule has 1 atom stereocenters. The molecule has 0 fully saturated rings. The van der Waals surface area contributed by atoms with Gasteiger partial charge < -0.3 is 0 Å². The van der Waals surface area contributed by atoms with Crippen LogP contribution in [0.3, 0.4) is 0 Å². The van der Waals surface area contributed by atoms with Crippen LogP contribution < -0.4 is 11.3 Å². The molecular formula is C16H20N2S. The monoisotopic (exact) mass is 272 g/mol. The van der Waals surface area contributed by atoms with E-state index in [2.05, 4.69) is 67.8 Å². The molecule has 100 valence electrons. The second kappa shape index (κ2) is 6.75. The highest BCUT2D eigenvalue weighted by Crippen LogP contribution is 2.26. The summed E-state index contributed by atoms with van der Waals surface area (Å²) in [4.78, 5) is 1.31. The quantitative estimate of drug-likeness (QED) is 0.496. The summed E-state index contributed by atoms with van der Waals surface area (Å²) in [6.45, 7) is 4.23. The second-order valence-corrected chi connectivity index (χ2v) is 5.77. The largest absolute Gasteiger partial charge is 0.271 e. The summed E-state index contributed by atoms with van der Waals surface area (Å²) in [6, 6.07) is 17.1. The number of hydrogen-bond donors (Lipinski definition) is 2. The summed E-state index contributed by atoms with van der Waals surface area (Å²) in [6.07, 6.45) is 0. The van der Waals surface area contributed by atoms with Gasteiger partial charge in [0.05, 0.1) is 6.04 Å². The van der Waals surface area contributed by atoms with Gasteiger partial charge in [0.1, 0.15) is 0 Å². The van der Waals surface area contributed by atoms with Crippen LogP contribution in [0.2, 0.25) is 0 Å². The molecule has 0 aliphatic rings. The van der Waals surface area contributed by atoms with Gasteiger partial charge in [-0.15, -0.1) is 11.8 Å². The van der Waals surface area contributed by atoms with Gasteiger partial charge in [0.15, 0.2) is 0 Å². The molecule has 0 bridgehead atoms. The van der Waals surface area contributed by atoms with E-state index < -0.39 is 0 Å². The van der Waals surface area contributed by atoms with Crippen LogP contribution in [0.25, 0.3) is 0 Å². The molecule has 0 saturated carbocycles. The van der Waals surface area contributed by atoms with Crippen molar-refractivity contribution < 1.29 is 0 Å². The first-order valence-corrected chi connectivity index (χ1v) is 7.40. The summed E-state index contributed by atoms with van der Waals surface area (Å²) >= 11 is 1.84. The van der Waals surface area contributed by atoms with Gasteiger partial charge >= 0.3 is 0 Å². The summed E-state index contributed by atoms with van der Waals surface area (Å²) in [5.41, 5.74) is 6.72. The summed E-state index contributed by atoms with van der Waals surface area (Å²) in [5.74, 6) is 6.60. The van der Waals surface area contributed by atoms with E-state index >= 15 is 0 Å². The van der Waals surface area contributed by atoms with E-state index in [4.69, 9.17) is 5.84 Å². The Balaban J connectivity index is 2.04. The van der Waals surface area contributed by atoms with Crippen molar-refractivity contribution in [2.24, 2.45) is 5.84 Å². The van der Waals surface area contributed by atoms with Crippen LogP contribution in [0.4, 0.5) is 0 Å². The maximum absolute atomic E-state index is 5.68.